The molecule has 1 atom stereocenters. The summed E-state index contributed by atoms with van der Waals surface area (Å²) in [5.41, 5.74) is 1.97. The van der Waals surface area contributed by atoms with Crippen molar-refractivity contribution in [3.63, 3.8) is 0 Å². The molecule has 104 valence electrons. The van der Waals surface area contributed by atoms with Crippen molar-refractivity contribution >= 4 is 28.4 Å². The number of hydrogen-bond donors (Lipinski definition) is 2. The van der Waals surface area contributed by atoms with Crippen LogP contribution in [0.2, 0.25) is 0 Å². The zero-order chi connectivity index (χ0) is 14.1. The minimum atomic E-state index is 0.0298. The number of carbonyl (C=O) groups is 1. The molecule has 0 aliphatic carbocycles. The van der Waals surface area contributed by atoms with E-state index in [1.54, 1.807) is 6.20 Å². The zero-order valence-electron chi connectivity index (χ0n) is 11.7. The largest absolute Gasteiger partial charge is 0.368 e. The highest BCUT2D eigenvalue weighted by Gasteiger charge is 2.26. The SMILES string of the molecule is CCCNc1nc2c(c3cccnc13)C(C)CC(=O)N2. The van der Waals surface area contributed by atoms with E-state index in [-0.39, 0.29) is 11.8 Å². The van der Waals surface area contributed by atoms with Gasteiger partial charge in [-0.15, -0.1) is 0 Å². The molecular formula is C15H18N4O. The van der Waals surface area contributed by atoms with Crippen LogP contribution in [0, 0.1) is 0 Å². The van der Waals surface area contributed by atoms with E-state index < -0.39 is 0 Å². The van der Waals surface area contributed by atoms with Crippen molar-refractivity contribution in [2.45, 2.75) is 32.6 Å². The van der Waals surface area contributed by atoms with E-state index in [1.807, 2.05) is 12.1 Å². The molecule has 1 aliphatic rings. The Hall–Kier alpha value is -2.17. The molecule has 0 fully saturated rings. The summed E-state index contributed by atoms with van der Waals surface area (Å²) in [5.74, 6) is 1.61. The van der Waals surface area contributed by atoms with Crippen LogP contribution in [0.5, 0.6) is 0 Å². The molecule has 1 aliphatic heterocycles. The van der Waals surface area contributed by atoms with Gasteiger partial charge < -0.3 is 10.6 Å². The van der Waals surface area contributed by atoms with E-state index in [2.05, 4.69) is 34.4 Å². The molecule has 2 aromatic rings. The summed E-state index contributed by atoms with van der Waals surface area (Å²) in [4.78, 5) is 20.7. The van der Waals surface area contributed by atoms with Gasteiger partial charge in [-0.2, -0.15) is 0 Å². The number of carbonyl (C=O) groups excluding carboxylic acids is 1. The Labute approximate surface area is 117 Å². The average Bonchev–Trinajstić information content (AvgIpc) is 2.43. The first-order valence-electron chi connectivity index (χ1n) is 7.03. The lowest BCUT2D eigenvalue weighted by molar-refractivity contribution is -0.116. The lowest BCUT2D eigenvalue weighted by atomic mass is 9.91. The molecule has 0 radical (unpaired) electrons. The third-order valence-corrected chi connectivity index (χ3v) is 3.59. The number of pyridine rings is 2. The maximum atomic E-state index is 11.7. The number of hydrogen-bond acceptors (Lipinski definition) is 4. The van der Waals surface area contributed by atoms with Crippen LogP contribution in [-0.2, 0) is 4.79 Å². The van der Waals surface area contributed by atoms with Crippen molar-refractivity contribution in [2.24, 2.45) is 0 Å². The highest BCUT2D eigenvalue weighted by molar-refractivity contribution is 6.01. The third kappa shape index (κ3) is 2.09. The lowest BCUT2D eigenvalue weighted by Gasteiger charge is -2.24. The van der Waals surface area contributed by atoms with Crippen molar-refractivity contribution in [1.29, 1.82) is 0 Å². The Morgan fingerprint density at radius 2 is 2.35 bits per heavy atom. The van der Waals surface area contributed by atoms with Crippen molar-refractivity contribution in [1.82, 2.24) is 9.97 Å². The Kier molecular flexibility index (Phi) is 3.26. The van der Waals surface area contributed by atoms with Crippen molar-refractivity contribution < 1.29 is 4.79 Å². The minimum absolute atomic E-state index is 0.0298. The highest BCUT2D eigenvalue weighted by atomic mass is 16.1. The predicted molar refractivity (Wildman–Crippen MR) is 80.0 cm³/mol. The lowest BCUT2D eigenvalue weighted by Crippen LogP contribution is -2.23. The van der Waals surface area contributed by atoms with Crippen LogP contribution < -0.4 is 10.6 Å². The molecule has 1 unspecified atom stereocenters. The van der Waals surface area contributed by atoms with Gasteiger partial charge in [-0.3, -0.25) is 9.78 Å². The number of rotatable bonds is 3. The second-order valence-electron chi connectivity index (χ2n) is 5.20. The highest BCUT2D eigenvalue weighted by Crippen LogP contribution is 2.37. The van der Waals surface area contributed by atoms with Crippen molar-refractivity contribution in [3.8, 4) is 0 Å². The Balaban J connectivity index is 2.22. The smallest absolute Gasteiger partial charge is 0.226 e. The topological polar surface area (TPSA) is 66.9 Å². The predicted octanol–water partition coefficient (Wildman–Crippen LogP) is 2.90. The van der Waals surface area contributed by atoms with Gasteiger partial charge in [0.15, 0.2) is 5.82 Å². The number of nitrogens with zero attached hydrogens (tertiary/aromatic N) is 2. The van der Waals surface area contributed by atoms with E-state index >= 15 is 0 Å². The molecule has 5 nitrogen and oxygen atoms in total. The fourth-order valence-electron chi connectivity index (χ4n) is 2.69. The second-order valence-corrected chi connectivity index (χ2v) is 5.20. The maximum absolute atomic E-state index is 11.7. The Bertz CT molecular complexity index is 668. The Morgan fingerprint density at radius 3 is 3.15 bits per heavy atom. The fraction of sp³-hybridized carbons (Fsp3) is 0.400. The summed E-state index contributed by atoms with van der Waals surface area (Å²) in [7, 11) is 0. The van der Waals surface area contributed by atoms with Crippen LogP contribution in [0.4, 0.5) is 11.6 Å². The number of amides is 1. The molecule has 0 bridgehead atoms. The molecule has 2 N–H and O–H groups in total. The van der Waals surface area contributed by atoms with Gasteiger partial charge in [0.1, 0.15) is 11.3 Å². The number of fused-ring (bicyclic) bond motifs is 3. The number of anilines is 2. The van der Waals surface area contributed by atoms with E-state index in [0.29, 0.717) is 12.2 Å². The van der Waals surface area contributed by atoms with E-state index in [4.69, 9.17) is 0 Å². The van der Waals surface area contributed by atoms with Crippen LogP contribution in [0.15, 0.2) is 18.3 Å². The van der Waals surface area contributed by atoms with Gasteiger partial charge in [0.05, 0.1) is 0 Å². The van der Waals surface area contributed by atoms with Gasteiger partial charge in [0.2, 0.25) is 5.91 Å². The second kappa shape index (κ2) is 5.07. The number of aromatic nitrogens is 2. The zero-order valence-corrected chi connectivity index (χ0v) is 11.7. The average molecular weight is 270 g/mol. The van der Waals surface area contributed by atoms with Crippen molar-refractivity contribution in [2.75, 3.05) is 17.2 Å². The summed E-state index contributed by atoms with van der Waals surface area (Å²) in [6, 6.07) is 3.98. The van der Waals surface area contributed by atoms with Crippen LogP contribution in [0.3, 0.4) is 0 Å². The first-order valence-corrected chi connectivity index (χ1v) is 7.03. The molecule has 0 saturated carbocycles. The first kappa shape index (κ1) is 12.8. The molecule has 20 heavy (non-hydrogen) atoms. The summed E-state index contributed by atoms with van der Waals surface area (Å²) in [6.45, 7) is 5.00. The van der Waals surface area contributed by atoms with Crippen LogP contribution in [0.25, 0.3) is 10.9 Å². The standard InChI is InChI=1S/C15H18N4O/c1-3-6-17-15-13-10(5-4-7-16-13)12-9(2)8-11(20)18-14(12)19-15/h4-5,7,9H,3,6,8H2,1-2H3,(H2,17,18,19,20). The van der Waals surface area contributed by atoms with E-state index in [9.17, 15) is 4.79 Å². The summed E-state index contributed by atoms with van der Waals surface area (Å²) in [5, 5.41) is 7.25. The summed E-state index contributed by atoms with van der Waals surface area (Å²) < 4.78 is 0. The summed E-state index contributed by atoms with van der Waals surface area (Å²) >= 11 is 0. The molecule has 3 rings (SSSR count). The Morgan fingerprint density at radius 1 is 1.50 bits per heavy atom. The monoisotopic (exact) mass is 270 g/mol. The first-order chi connectivity index (χ1) is 9.70. The van der Waals surface area contributed by atoms with Gasteiger partial charge in [-0.05, 0) is 18.4 Å². The molecule has 1 amide bonds. The van der Waals surface area contributed by atoms with Crippen LogP contribution in [0.1, 0.15) is 38.2 Å². The molecule has 3 heterocycles. The van der Waals surface area contributed by atoms with Gasteiger partial charge in [0, 0.05) is 30.1 Å². The molecule has 2 aromatic heterocycles. The molecular weight excluding hydrogens is 252 g/mol. The van der Waals surface area contributed by atoms with Crippen molar-refractivity contribution in [3.05, 3.63) is 23.9 Å². The molecule has 5 heteroatoms. The molecule has 0 aromatic carbocycles. The summed E-state index contributed by atoms with van der Waals surface area (Å²) in [6.07, 6.45) is 3.29. The van der Waals surface area contributed by atoms with E-state index in [1.165, 1.54) is 0 Å². The quantitative estimate of drug-likeness (QED) is 0.900. The molecule has 0 spiro atoms. The normalized spacial score (nSPS) is 17.7. The van der Waals surface area contributed by atoms with Gasteiger partial charge in [0.25, 0.3) is 0 Å². The third-order valence-electron chi connectivity index (χ3n) is 3.59. The maximum Gasteiger partial charge on any atom is 0.226 e. The van der Waals surface area contributed by atoms with E-state index in [0.717, 1.165) is 35.2 Å². The number of nitrogens with one attached hydrogen (secondary N) is 2. The minimum Gasteiger partial charge on any atom is -0.368 e. The van der Waals surface area contributed by atoms with Gasteiger partial charge in [-0.25, -0.2) is 4.98 Å². The fourth-order valence-corrected chi connectivity index (χ4v) is 2.69. The van der Waals surface area contributed by atoms with Gasteiger partial charge in [-0.1, -0.05) is 19.9 Å². The van der Waals surface area contributed by atoms with Gasteiger partial charge >= 0.3 is 0 Å². The van der Waals surface area contributed by atoms with Crippen LogP contribution in [-0.4, -0.2) is 22.4 Å². The van der Waals surface area contributed by atoms with Crippen LogP contribution >= 0.6 is 0 Å². The molecule has 0 saturated heterocycles.